The van der Waals surface area contributed by atoms with Crippen molar-refractivity contribution in [1.29, 1.82) is 0 Å². The van der Waals surface area contributed by atoms with Crippen molar-refractivity contribution in [2.24, 2.45) is 0 Å². The number of H-pyrrole nitrogens is 1. The molecule has 0 spiro atoms. The van der Waals surface area contributed by atoms with E-state index in [4.69, 9.17) is 14.2 Å². The Balaban J connectivity index is 1.52. The number of nitrogens with one attached hydrogen (secondary N) is 1. The van der Waals surface area contributed by atoms with Gasteiger partial charge in [0.15, 0.2) is 23.1 Å². The fraction of sp³-hybridized carbons (Fsp3) is 0.0833. The van der Waals surface area contributed by atoms with E-state index in [-0.39, 0.29) is 11.6 Å². The largest absolute Gasteiger partial charge is 0.493 e. The van der Waals surface area contributed by atoms with Gasteiger partial charge in [-0.25, -0.2) is 14.4 Å². The molecule has 0 fully saturated rings. The summed E-state index contributed by atoms with van der Waals surface area (Å²) >= 11 is 0. The summed E-state index contributed by atoms with van der Waals surface area (Å²) in [6.45, 7) is 0.366. The summed E-state index contributed by atoms with van der Waals surface area (Å²) in [4.78, 5) is 11.5. The minimum Gasteiger partial charge on any atom is -0.493 e. The Kier molecular flexibility index (Phi) is 4.84. The number of rotatable bonds is 6. The second kappa shape index (κ2) is 7.95. The second-order valence-electron chi connectivity index (χ2n) is 6.89. The van der Waals surface area contributed by atoms with Gasteiger partial charge in [0.2, 0.25) is 5.88 Å². The van der Waals surface area contributed by atoms with E-state index in [1.165, 1.54) is 6.33 Å². The molecule has 2 aromatic heterocycles. The molecule has 0 amide bonds. The molecule has 154 valence electrons. The van der Waals surface area contributed by atoms with Crippen molar-refractivity contribution in [3.63, 3.8) is 0 Å². The lowest BCUT2D eigenvalue weighted by Crippen LogP contribution is -1.99. The zero-order valence-electron chi connectivity index (χ0n) is 16.6. The fourth-order valence-corrected chi connectivity index (χ4v) is 3.39. The molecule has 31 heavy (non-hydrogen) atoms. The zero-order chi connectivity index (χ0) is 21.2. The van der Waals surface area contributed by atoms with Crippen LogP contribution in [0.25, 0.3) is 21.8 Å². The SMILES string of the molecule is COc1cc2ncnc(Oc3ccc4[nH]ccc4c3F)c2cc1OCc1ccccc1. The number of aromatic nitrogens is 3. The predicted molar refractivity (Wildman–Crippen MR) is 115 cm³/mol. The molecule has 0 saturated heterocycles. The molecule has 0 atom stereocenters. The van der Waals surface area contributed by atoms with Crippen LogP contribution in [0.4, 0.5) is 4.39 Å². The quantitative estimate of drug-likeness (QED) is 0.389. The number of nitrogens with zero attached hydrogens (tertiary/aromatic N) is 2. The van der Waals surface area contributed by atoms with Gasteiger partial charge in [-0.05, 0) is 29.8 Å². The van der Waals surface area contributed by atoms with Crippen LogP contribution in [0.3, 0.4) is 0 Å². The van der Waals surface area contributed by atoms with Crippen molar-refractivity contribution in [1.82, 2.24) is 15.0 Å². The number of methoxy groups -OCH3 is 1. The average molecular weight is 415 g/mol. The van der Waals surface area contributed by atoms with Gasteiger partial charge in [-0.1, -0.05) is 30.3 Å². The maximum Gasteiger partial charge on any atom is 0.230 e. The number of hydrogen-bond acceptors (Lipinski definition) is 5. The molecule has 7 heteroatoms. The molecule has 0 saturated carbocycles. The van der Waals surface area contributed by atoms with Crippen LogP contribution in [0, 0.1) is 5.82 Å². The van der Waals surface area contributed by atoms with Crippen molar-refractivity contribution in [3.05, 3.63) is 84.6 Å². The lowest BCUT2D eigenvalue weighted by molar-refractivity contribution is 0.285. The van der Waals surface area contributed by atoms with E-state index in [0.717, 1.165) is 5.56 Å². The van der Waals surface area contributed by atoms with Crippen LogP contribution in [0.5, 0.6) is 23.1 Å². The Labute approximate surface area is 177 Å². The molecule has 2 heterocycles. The number of halogens is 1. The smallest absolute Gasteiger partial charge is 0.230 e. The Morgan fingerprint density at radius 1 is 0.903 bits per heavy atom. The van der Waals surface area contributed by atoms with Crippen LogP contribution in [-0.2, 0) is 6.61 Å². The molecule has 1 N–H and O–H groups in total. The number of aromatic amines is 1. The molecule has 0 radical (unpaired) electrons. The Morgan fingerprint density at radius 2 is 1.77 bits per heavy atom. The first-order valence-corrected chi connectivity index (χ1v) is 9.66. The monoisotopic (exact) mass is 415 g/mol. The van der Waals surface area contributed by atoms with Gasteiger partial charge in [-0.3, -0.25) is 0 Å². The van der Waals surface area contributed by atoms with Gasteiger partial charge in [0.1, 0.15) is 12.9 Å². The summed E-state index contributed by atoms with van der Waals surface area (Å²) in [5.74, 6) is 0.897. The van der Waals surface area contributed by atoms with Gasteiger partial charge in [0.25, 0.3) is 0 Å². The van der Waals surface area contributed by atoms with E-state index in [1.807, 2.05) is 30.3 Å². The standard InChI is InChI=1S/C24H18FN3O3/c1-29-21-12-19-17(11-22(21)30-13-15-5-3-2-4-6-15)24(28-14-27-19)31-20-8-7-18-16(23(20)25)9-10-26-18/h2-12,14,26H,13H2,1H3. The normalized spacial score (nSPS) is 11.0. The van der Waals surface area contributed by atoms with Gasteiger partial charge >= 0.3 is 0 Å². The maximum atomic E-state index is 14.9. The summed E-state index contributed by atoms with van der Waals surface area (Å²) in [5, 5.41) is 1.03. The van der Waals surface area contributed by atoms with Crippen LogP contribution in [0.2, 0.25) is 0 Å². The van der Waals surface area contributed by atoms with Crippen LogP contribution in [0.1, 0.15) is 5.56 Å². The predicted octanol–water partition coefficient (Wildman–Crippen LogP) is 5.63. The summed E-state index contributed by atoms with van der Waals surface area (Å²) in [6, 6.07) is 18.3. The summed E-state index contributed by atoms with van der Waals surface area (Å²) in [5.41, 5.74) is 2.31. The first-order chi connectivity index (χ1) is 15.2. The van der Waals surface area contributed by atoms with Crippen LogP contribution >= 0.6 is 0 Å². The van der Waals surface area contributed by atoms with Crippen LogP contribution < -0.4 is 14.2 Å². The van der Waals surface area contributed by atoms with Gasteiger partial charge < -0.3 is 19.2 Å². The van der Waals surface area contributed by atoms with Gasteiger partial charge in [0, 0.05) is 23.2 Å². The third-order valence-electron chi connectivity index (χ3n) is 4.96. The second-order valence-corrected chi connectivity index (χ2v) is 6.89. The van der Waals surface area contributed by atoms with E-state index in [0.29, 0.717) is 39.9 Å². The van der Waals surface area contributed by atoms with Crippen molar-refractivity contribution >= 4 is 21.8 Å². The fourth-order valence-electron chi connectivity index (χ4n) is 3.39. The van der Waals surface area contributed by atoms with Crippen LogP contribution in [0.15, 0.2) is 73.2 Å². The van der Waals surface area contributed by atoms with Gasteiger partial charge in [-0.2, -0.15) is 0 Å². The van der Waals surface area contributed by atoms with Crippen molar-refractivity contribution in [2.45, 2.75) is 6.61 Å². The van der Waals surface area contributed by atoms with Crippen molar-refractivity contribution in [3.8, 4) is 23.1 Å². The summed E-state index contributed by atoms with van der Waals surface area (Å²) in [6.07, 6.45) is 3.05. The van der Waals surface area contributed by atoms with Crippen molar-refractivity contribution < 1.29 is 18.6 Å². The van der Waals surface area contributed by atoms with E-state index in [1.54, 1.807) is 43.6 Å². The first-order valence-electron chi connectivity index (χ1n) is 9.66. The average Bonchev–Trinajstić information content (AvgIpc) is 3.29. The number of ether oxygens (including phenoxy) is 3. The topological polar surface area (TPSA) is 69.3 Å². The van der Waals surface area contributed by atoms with Crippen LogP contribution in [-0.4, -0.2) is 22.1 Å². The van der Waals surface area contributed by atoms with E-state index in [9.17, 15) is 4.39 Å². The van der Waals surface area contributed by atoms with E-state index >= 15 is 0 Å². The molecular weight excluding hydrogens is 397 g/mol. The van der Waals surface area contributed by atoms with Gasteiger partial charge in [-0.15, -0.1) is 0 Å². The molecule has 6 nitrogen and oxygen atoms in total. The molecular formula is C24H18FN3O3. The zero-order valence-corrected chi connectivity index (χ0v) is 16.6. The lowest BCUT2D eigenvalue weighted by atomic mass is 10.2. The molecule has 0 unspecified atom stereocenters. The van der Waals surface area contributed by atoms with E-state index < -0.39 is 5.82 Å². The minimum atomic E-state index is -0.459. The highest BCUT2D eigenvalue weighted by molar-refractivity contribution is 5.87. The number of fused-ring (bicyclic) bond motifs is 2. The first kappa shape index (κ1) is 18.9. The summed E-state index contributed by atoms with van der Waals surface area (Å²) in [7, 11) is 1.57. The van der Waals surface area contributed by atoms with Gasteiger partial charge in [0.05, 0.1) is 18.0 Å². The Hall–Kier alpha value is -4.13. The molecule has 5 rings (SSSR count). The molecule has 0 aliphatic heterocycles. The Bertz CT molecular complexity index is 1370. The highest BCUT2D eigenvalue weighted by atomic mass is 19.1. The lowest BCUT2D eigenvalue weighted by Gasteiger charge is -2.14. The van der Waals surface area contributed by atoms with Crippen molar-refractivity contribution in [2.75, 3.05) is 7.11 Å². The third kappa shape index (κ3) is 3.61. The molecule has 3 aromatic carbocycles. The van der Waals surface area contributed by atoms with E-state index in [2.05, 4.69) is 15.0 Å². The maximum absolute atomic E-state index is 14.9. The number of benzene rings is 3. The molecule has 5 aromatic rings. The number of hydrogen-bond donors (Lipinski definition) is 1. The Morgan fingerprint density at radius 3 is 2.61 bits per heavy atom. The molecule has 0 bridgehead atoms. The summed E-state index contributed by atoms with van der Waals surface area (Å²) < 4.78 is 32.2. The molecule has 0 aliphatic carbocycles. The minimum absolute atomic E-state index is 0.0784. The highest BCUT2D eigenvalue weighted by Gasteiger charge is 2.16. The highest BCUT2D eigenvalue weighted by Crippen LogP contribution is 2.37. The molecule has 0 aliphatic rings. The third-order valence-corrected chi connectivity index (χ3v) is 4.96.